The van der Waals surface area contributed by atoms with Crippen LogP contribution in [0.15, 0.2) is 18.2 Å². The second-order valence-corrected chi connectivity index (χ2v) is 5.12. The van der Waals surface area contributed by atoms with Crippen LogP contribution in [0.2, 0.25) is 5.02 Å². The fourth-order valence-corrected chi connectivity index (χ4v) is 1.99. The largest absolute Gasteiger partial charge is 0.478 e. The Labute approximate surface area is 120 Å². The smallest absolute Gasteiger partial charge is 0.337 e. The van der Waals surface area contributed by atoms with Gasteiger partial charge in [-0.1, -0.05) is 11.6 Å². The van der Waals surface area contributed by atoms with Crippen molar-refractivity contribution in [3.05, 3.63) is 28.8 Å². The lowest BCUT2D eigenvalue weighted by molar-refractivity contribution is 0.0697. The zero-order valence-corrected chi connectivity index (χ0v) is 12.0. The lowest BCUT2D eigenvalue weighted by Gasteiger charge is -2.08. The number of halogens is 1. The first kappa shape index (κ1) is 15.7. The molecule has 104 valence electrons. The summed E-state index contributed by atoms with van der Waals surface area (Å²) in [6, 6.07) is 3.95. The first-order chi connectivity index (χ1) is 9.04. The summed E-state index contributed by atoms with van der Waals surface area (Å²) in [5.74, 6) is -0.154. The van der Waals surface area contributed by atoms with E-state index in [1.807, 2.05) is 6.26 Å². The van der Waals surface area contributed by atoms with Crippen molar-refractivity contribution >= 4 is 41.1 Å². The maximum absolute atomic E-state index is 11.5. The minimum Gasteiger partial charge on any atom is -0.478 e. The van der Waals surface area contributed by atoms with E-state index in [4.69, 9.17) is 16.7 Å². The highest BCUT2D eigenvalue weighted by Gasteiger charge is 2.10. The highest BCUT2D eigenvalue weighted by Crippen LogP contribution is 2.20. The maximum Gasteiger partial charge on any atom is 0.337 e. The van der Waals surface area contributed by atoms with Crippen molar-refractivity contribution < 1.29 is 14.7 Å². The monoisotopic (exact) mass is 302 g/mol. The van der Waals surface area contributed by atoms with Crippen molar-refractivity contribution in [1.82, 2.24) is 5.32 Å². The Morgan fingerprint density at radius 1 is 1.42 bits per heavy atom. The number of anilines is 1. The van der Waals surface area contributed by atoms with E-state index in [9.17, 15) is 9.59 Å². The van der Waals surface area contributed by atoms with Gasteiger partial charge >= 0.3 is 12.0 Å². The van der Waals surface area contributed by atoms with Crippen molar-refractivity contribution in [2.45, 2.75) is 6.42 Å². The Morgan fingerprint density at radius 2 is 2.16 bits per heavy atom. The number of carbonyl (C=O) groups excluding carboxylic acids is 1. The molecule has 0 aliphatic rings. The molecule has 5 nitrogen and oxygen atoms in total. The van der Waals surface area contributed by atoms with Crippen molar-refractivity contribution in [3.8, 4) is 0 Å². The first-order valence-electron chi connectivity index (χ1n) is 5.61. The van der Waals surface area contributed by atoms with Crippen LogP contribution in [0.3, 0.4) is 0 Å². The van der Waals surface area contributed by atoms with Gasteiger partial charge in [-0.05, 0) is 36.6 Å². The molecule has 3 N–H and O–H groups in total. The molecule has 1 aromatic carbocycles. The Bertz CT molecular complexity index is 468. The van der Waals surface area contributed by atoms with Crippen LogP contribution in [0.1, 0.15) is 16.8 Å². The fourth-order valence-electron chi connectivity index (χ4n) is 1.36. The van der Waals surface area contributed by atoms with Crippen LogP contribution in [0.5, 0.6) is 0 Å². The number of carbonyl (C=O) groups is 2. The number of hydrogen-bond donors (Lipinski definition) is 3. The molecule has 2 amide bonds. The molecule has 0 radical (unpaired) electrons. The van der Waals surface area contributed by atoms with E-state index in [0.29, 0.717) is 12.2 Å². The van der Waals surface area contributed by atoms with Gasteiger partial charge in [0.2, 0.25) is 0 Å². The van der Waals surface area contributed by atoms with Crippen LogP contribution < -0.4 is 10.6 Å². The SMILES string of the molecule is CSCCCNC(=O)Nc1ccc(Cl)c(C(=O)O)c1. The van der Waals surface area contributed by atoms with Gasteiger partial charge in [-0.3, -0.25) is 0 Å². The number of thioether (sulfide) groups is 1. The number of carboxylic acids is 1. The predicted octanol–water partition coefficient (Wildman–Crippen LogP) is 2.91. The molecule has 0 aliphatic carbocycles. The van der Waals surface area contributed by atoms with Gasteiger partial charge in [0, 0.05) is 12.2 Å². The third-order valence-electron chi connectivity index (χ3n) is 2.27. The summed E-state index contributed by atoms with van der Waals surface area (Å²) in [5.41, 5.74) is 0.353. The zero-order chi connectivity index (χ0) is 14.3. The Morgan fingerprint density at radius 3 is 2.79 bits per heavy atom. The molecule has 0 atom stereocenters. The lowest BCUT2D eigenvalue weighted by atomic mass is 10.2. The van der Waals surface area contributed by atoms with Gasteiger partial charge in [0.15, 0.2) is 0 Å². The van der Waals surface area contributed by atoms with Crippen molar-refractivity contribution in [3.63, 3.8) is 0 Å². The predicted molar refractivity (Wildman–Crippen MR) is 78.4 cm³/mol. The molecule has 19 heavy (non-hydrogen) atoms. The third kappa shape index (κ3) is 5.40. The lowest BCUT2D eigenvalue weighted by Crippen LogP contribution is -2.29. The number of urea groups is 1. The Kier molecular flexibility index (Phi) is 6.52. The third-order valence-corrected chi connectivity index (χ3v) is 3.29. The van der Waals surface area contributed by atoms with E-state index in [0.717, 1.165) is 12.2 Å². The number of nitrogens with one attached hydrogen (secondary N) is 2. The van der Waals surface area contributed by atoms with Crippen LogP contribution in [0, 0.1) is 0 Å². The number of rotatable bonds is 6. The van der Waals surface area contributed by atoms with Crippen molar-refractivity contribution in [2.24, 2.45) is 0 Å². The van der Waals surface area contributed by atoms with E-state index in [1.165, 1.54) is 12.1 Å². The highest BCUT2D eigenvalue weighted by atomic mass is 35.5. The Hall–Kier alpha value is -1.40. The molecule has 0 spiro atoms. The molecule has 0 saturated carbocycles. The van der Waals surface area contributed by atoms with E-state index in [2.05, 4.69) is 10.6 Å². The maximum atomic E-state index is 11.5. The molecule has 0 fully saturated rings. The zero-order valence-electron chi connectivity index (χ0n) is 10.4. The molecule has 0 aliphatic heterocycles. The molecular formula is C12H15ClN2O3S. The normalized spacial score (nSPS) is 10.0. The van der Waals surface area contributed by atoms with Gasteiger partial charge in [0.25, 0.3) is 0 Å². The molecule has 1 rings (SSSR count). The van der Waals surface area contributed by atoms with Crippen molar-refractivity contribution in [2.75, 3.05) is 23.9 Å². The summed E-state index contributed by atoms with van der Waals surface area (Å²) >= 11 is 7.45. The van der Waals surface area contributed by atoms with Crippen LogP contribution >= 0.6 is 23.4 Å². The summed E-state index contributed by atoms with van der Waals surface area (Å²) in [6.45, 7) is 0.575. The second kappa shape index (κ2) is 7.91. The van der Waals surface area contributed by atoms with Gasteiger partial charge < -0.3 is 15.7 Å². The van der Waals surface area contributed by atoms with Gasteiger partial charge in [-0.2, -0.15) is 11.8 Å². The summed E-state index contributed by atoms with van der Waals surface area (Å²) in [5, 5.41) is 14.3. The minimum absolute atomic E-state index is 0.0400. The van der Waals surface area contributed by atoms with Crippen LogP contribution in [0.25, 0.3) is 0 Å². The summed E-state index contributed by atoms with van der Waals surface area (Å²) < 4.78 is 0. The number of carboxylic acid groups (broad SMARTS) is 1. The number of hydrogen-bond acceptors (Lipinski definition) is 3. The van der Waals surface area contributed by atoms with Gasteiger partial charge in [0.1, 0.15) is 0 Å². The molecule has 1 aromatic rings. The summed E-state index contributed by atoms with van der Waals surface area (Å²) in [7, 11) is 0. The Balaban J connectivity index is 2.55. The topological polar surface area (TPSA) is 78.4 Å². The molecule has 0 heterocycles. The van der Waals surface area contributed by atoms with E-state index in [-0.39, 0.29) is 16.6 Å². The quantitative estimate of drug-likeness (QED) is 0.706. The van der Waals surface area contributed by atoms with E-state index in [1.54, 1.807) is 17.8 Å². The molecule has 0 unspecified atom stereocenters. The molecular weight excluding hydrogens is 288 g/mol. The first-order valence-corrected chi connectivity index (χ1v) is 7.38. The average Bonchev–Trinajstić information content (AvgIpc) is 2.36. The van der Waals surface area contributed by atoms with Gasteiger partial charge in [-0.25, -0.2) is 9.59 Å². The molecule has 0 bridgehead atoms. The van der Waals surface area contributed by atoms with Crippen LogP contribution in [0.4, 0.5) is 10.5 Å². The van der Waals surface area contributed by atoms with Crippen molar-refractivity contribution in [1.29, 1.82) is 0 Å². The van der Waals surface area contributed by atoms with E-state index >= 15 is 0 Å². The average molecular weight is 303 g/mol. The highest BCUT2D eigenvalue weighted by molar-refractivity contribution is 7.98. The molecule has 0 aromatic heterocycles. The van der Waals surface area contributed by atoms with Gasteiger partial charge in [-0.15, -0.1) is 0 Å². The standard InChI is InChI=1S/C12H15ClN2O3S/c1-19-6-2-5-14-12(18)15-8-3-4-10(13)9(7-8)11(16)17/h3-4,7H,2,5-6H2,1H3,(H,16,17)(H2,14,15,18). The number of benzene rings is 1. The number of amides is 2. The molecule has 0 saturated heterocycles. The van der Waals surface area contributed by atoms with Crippen LogP contribution in [-0.4, -0.2) is 35.7 Å². The summed E-state index contributed by atoms with van der Waals surface area (Å²) in [4.78, 5) is 22.4. The molecule has 7 heteroatoms. The van der Waals surface area contributed by atoms with Gasteiger partial charge in [0.05, 0.1) is 10.6 Å². The van der Waals surface area contributed by atoms with Crippen LogP contribution in [-0.2, 0) is 0 Å². The fraction of sp³-hybridized carbons (Fsp3) is 0.333. The number of aromatic carboxylic acids is 1. The second-order valence-electron chi connectivity index (χ2n) is 3.73. The minimum atomic E-state index is -1.13. The summed E-state index contributed by atoms with van der Waals surface area (Å²) in [6.07, 6.45) is 2.89. The van der Waals surface area contributed by atoms with E-state index < -0.39 is 5.97 Å².